The van der Waals surface area contributed by atoms with Gasteiger partial charge in [-0.1, -0.05) is 41.9 Å². The van der Waals surface area contributed by atoms with Crippen LogP contribution >= 0.6 is 11.6 Å². The molecule has 0 aliphatic rings. The van der Waals surface area contributed by atoms with E-state index in [4.69, 9.17) is 11.6 Å². The summed E-state index contributed by atoms with van der Waals surface area (Å²) in [4.78, 5) is 13.5. The number of benzene rings is 2. The molecule has 0 aliphatic carbocycles. The van der Waals surface area contributed by atoms with Crippen LogP contribution < -0.4 is 10.2 Å². The number of hydrogen-bond donors (Lipinski definition) is 2. The number of likely N-dealkylation sites (N-methyl/N-ethyl adjacent to an activating group) is 1. The molecule has 0 fully saturated rings. The summed E-state index contributed by atoms with van der Waals surface area (Å²) in [6.07, 6.45) is 0. The molecule has 2 rings (SSSR count). The van der Waals surface area contributed by atoms with Crippen LogP contribution in [0, 0.1) is 6.92 Å². The summed E-state index contributed by atoms with van der Waals surface area (Å²) in [7, 11) is 2.04. The van der Waals surface area contributed by atoms with E-state index in [-0.39, 0.29) is 11.9 Å². The van der Waals surface area contributed by atoms with Crippen molar-refractivity contribution >= 4 is 23.2 Å². The fraction of sp³-hybridized carbons (Fsp3) is 0.278. The first-order valence-electron chi connectivity index (χ1n) is 7.40. The normalized spacial score (nSPS) is 13.5. The number of nitrogens with one attached hydrogen (secondary N) is 2. The van der Waals surface area contributed by atoms with Gasteiger partial charge in [0.15, 0.2) is 6.04 Å². The fourth-order valence-electron chi connectivity index (χ4n) is 2.30. The quantitative estimate of drug-likeness (QED) is 0.873. The lowest BCUT2D eigenvalue weighted by Crippen LogP contribution is -3.12. The molecule has 116 valence electrons. The van der Waals surface area contributed by atoms with E-state index < -0.39 is 0 Å². The molecule has 0 spiro atoms. The third-order valence-corrected chi connectivity index (χ3v) is 4.19. The Labute approximate surface area is 136 Å². The second-order valence-corrected chi connectivity index (χ2v) is 6.11. The van der Waals surface area contributed by atoms with Crippen LogP contribution in [0.3, 0.4) is 0 Å². The van der Waals surface area contributed by atoms with E-state index in [0.717, 1.165) is 17.1 Å². The summed E-state index contributed by atoms with van der Waals surface area (Å²) in [5.41, 5.74) is 3.25. The van der Waals surface area contributed by atoms with E-state index in [1.54, 1.807) is 12.1 Å². The highest BCUT2D eigenvalue weighted by molar-refractivity contribution is 6.30. The first kappa shape index (κ1) is 16.5. The number of amides is 1. The topological polar surface area (TPSA) is 33.5 Å². The third-order valence-electron chi connectivity index (χ3n) is 3.96. The number of quaternary nitrogens is 1. The van der Waals surface area contributed by atoms with Crippen LogP contribution in [-0.4, -0.2) is 19.0 Å². The Balaban J connectivity index is 1.99. The van der Waals surface area contributed by atoms with Crippen molar-refractivity contribution < 1.29 is 9.69 Å². The Kier molecular flexibility index (Phi) is 5.58. The van der Waals surface area contributed by atoms with Gasteiger partial charge in [0.2, 0.25) is 0 Å². The Morgan fingerprint density at radius 2 is 1.95 bits per heavy atom. The van der Waals surface area contributed by atoms with Crippen molar-refractivity contribution in [1.29, 1.82) is 0 Å². The molecule has 2 N–H and O–H groups in total. The van der Waals surface area contributed by atoms with Gasteiger partial charge in [0, 0.05) is 16.3 Å². The number of anilines is 1. The molecule has 0 saturated carbocycles. The molecule has 0 saturated heterocycles. The Morgan fingerprint density at radius 3 is 2.64 bits per heavy atom. The first-order valence-corrected chi connectivity index (χ1v) is 7.78. The predicted octanol–water partition coefficient (Wildman–Crippen LogP) is 2.69. The highest BCUT2D eigenvalue weighted by Gasteiger charge is 2.22. The minimum absolute atomic E-state index is 0.00616. The average molecular weight is 318 g/mol. The summed E-state index contributed by atoms with van der Waals surface area (Å²) in [6.45, 7) is 4.85. The molecule has 1 unspecified atom stereocenters. The first-order chi connectivity index (χ1) is 10.5. The Hall–Kier alpha value is -1.84. The van der Waals surface area contributed by atoms with Gasteiger partial charge in [-0.15, -0.1) is 0 Å². The molecular formula is C18H22ClN2O+. The average Bonchev–Trinajstić information content (AvgIpc) is 2.48. The molecule has 22 heavy (non-hydrogen) atoms. The molecule has 4 heteroatoms. The lowest BCUT2D eigenvalue weighted by atomic mass is 10.1. The molecule has 1 amide bonds. The van der Waals surface area contributed by atoms with Crippen LogP contribution in [0.1, 0.15) is 18.1 Å². The fourth-order valence-corrected chi connectivity index (χ4v) is 2.49. The van der Waals surface area contributed by atoms with Crippen LogP contribution in [0.2, 0.25) is 5.02 Å². The van der Waals surface area contributed by atoms with Gasteiger partial charge in [-0.05, 0) is 37.6 Å². The van der Waals surface area contributed by atoms with Crippen LogP contribution in [-0.2, 0) is 11.3 Å². The van der Waals surface area contributed by atoms with Crippen molar-refractivity contribution in [2.45, 2.75) is 26.4 Å². The SMILES string of the molecule is Cc1ccccc1C[NH+](C)[C@@H](C)C(=O)Nc1cccc(Cl)c1. The zero-order chi connectivity index (χ0) is 16.1. The third kappa shape index (κ3) is 4.33. The number of carbonyl (C=O) groups excluding carboxylic acids is 1. The van der Waals surface area contributed by atoms with Crippen LogP contribution in [0.15, 0.2) is 48.5 Å². The smallest absolute Gasteiger partial charge is 0.282 e. The monoisotopic (exact) mass is 317 g/mol. The van der Waals surface area contributed by atoms with Gasteiger partial charge in [0.05, 0.1) is 7.05 Å². The summed E-state index contributed by atoms with van der Waals surface area (Å²) < 4.78 is 0. The second kappa shape index (κ2) is 7.43. The van der Waals surface area contributed by atoms with Gasteiger partial charge in [-0.25, -0.2) is 0 Å². The highest BCUT2D eigenvalue weighted by Crippen LogP contribution is 2.14. The molecule has 0 aliphatic heterocycles. The van der Waals surface area contributed by atoms with Gasteiger partial charge in [-0.3, -0.25) is 4.79 Å². The summed E-state index contributed by atoms with van der Waals surface area (Å²) >= 11 is 5.94. The zero-order valence-corrected chi connectivity index (χ0v) is 13.9. The van der Waals surface area contributed by atoms with Crippen molar-refractivity contribution in [3.05, 3.63) is 64.7 Å². The molecule has 0 radical (unpaired) electrons. The molecule has 0 aromatic heterocycles. The molecule has 2 aromatic carbocycles. The molecule has 2 aromatic rings. The molecule has 0 heterocycles. The lowest BCUT2D eigenvalue weighted by Gasteiger charge is -2.22. The molecule has 3 nitrogen and oxygen atoms in total. The van der Waals surface area contributed by atoms with Crippen molar-refractivity contribution in [3.8, 4) is 0 Å². The maximum absolute atomic E-state index is 12.4. The number of hydrogen-bond acceptors (Lipinski definition) is 1. The zero-order valence-electron chi connectivity index (χ0n) is 13.2. The number of carbonyl (C=O) groups is 1. The van der Waals surface area contributed by atoms with Crippen LogP contribution in [0.5, 0.6) is 0 Å². The van der Waals surface area contributed by atoms with Gasteiger partial charge < -0.3 is 10.2 Å². The Morgan fingerprint density at radius 1 is 1.23 bits per heavy atom. The lowest BCUT2D eigenvalue weighted by molar-refractivity contribution is -0.907. The van der Waals surface area contributed by atoms with Gasteiger partial charge in [0.25, 0.3) is 5.91 Å². The minimum Gasteiger partial charge on any atom is -0.324 e. The van der Waals surface area contributed by atoms with E-state index in [2.05, 4.69) is 24.4 Å². The Bertz CT molecular complexity index is 657. The van der Waals surface area contributed by atoms with Gasteiger partial charge >= 0.3 is 0 Å². The van der Waals surface area contributed by atoms with E-state index in [0.29, 0.717) is 5.02 Å². The minimum atomic E-state index is -0.154. The van der Waals surface area contributed by atoms with Crippen molar-refractivity contribution in [2.24, 2.45) is 0 Å². The van der Waals surface area contributed by atoms with E-state index in [9.17, 15) is 4.79 Å². The molecule has 2 atom stereocenters. The second-order valence-electron chi connectivity index (χ2n) is 5.67. The summed E-state index contributed by atoms with van der Waals surface area (Å²) in [6, 6.07) is 15.3. The van der Waals surface area contributed by atoms with Crippen LogP contribution in [0.25, 0.3) is 0 Å². The number of halogens is 1. The van der Waals surface area contributed by atoms with Gasteiger partial charge in [-0.2, -0.15) is 0 Å². The van der Waals surface area contributed by atoms with Gasteiger partial charge in [0.1, 0.15) is 6.54 Å². The molecule has 0 bridgehead atoms. The maximum Gasteiger partial charge on any atom is 0.282 e. The van der Waals surface area contributed by atoms with E-state index >= 15 is 0 Å². The summed E-state index contributed by atoms with van der Waals surface area (Å²) in [5.74, 6) is -0.00616. The molecular weight excluding hydrogens is 296 g/mol. The number of aryl methyl sites for hydroxylation is 1. The van der Waals surface area contributed by atoms with Crippen molar-refractivity contribution in [3.63, 3.8) is 0 Å². The largest absolute Gasteiger partial charge is 0.324 e. The maximum atomic E-state index is 12.4. The van der Waals surface area contributed by atoms with Crippen molar-refractivity contribution in [1.82, 2.24) is 0 Å². The summed E-state index contributed by atoms with van der Waals surface area (Å²) in [5, 5.41) is 3.54. The van der Waals surface area contributed by atoms with E-state index in [1.807, 2.05) is 38.2 Å². The standard InChI is InChI=1S/C18H21ClN2O/c1-13-7-4-5-8-15(13)12-21(3)14(2)18(22)20-17-10-6-9-16(19)11-17/h4-11,14H,12H2,1-3H3,(H,20,22)/p+1/t14-/m0/s1. The van der Waals surface area contributed by atoms with Crippen LogP contribution in [0.4, 0.5) is 5.69 Å². The van der Waals surface area contributed by atoms with E-state index in [1.165, 1.54) is 11.1 Å². The number of rotatable bonds is 5. The highest BCUT2D eigenvalue weighted by atomic mass is 35.5. The predicted molar refractivity (Wildman–Crippen MR) is 91.3 cm³/mol. The van der Waals surface area contributed by atoms with Crippen molar-refractivity contribution in [2.75, 3.05) is 12.4 Å².